The fraction of sp³-hybridized carbons (Fsp3) is 0.143. The van der Waals surface area contributed by atoms with E-state index < -0.39 is 89.8 Å². The second-order valence-corrected chi connectivity index (χ2v) is 7.31. The molecule has 30 heavy (non-hydrogen) atoms. The topological polar surface area (TPSA) is 54.4 Å². The Hall–Kier alpha value is -2.49. The van der Waals surface area contributed by atoms with E-state index in [9.17, 15) is 66.2 Å². The van der Waals surface area contributed by atoms with Gasteiger partial charge in [0.15, 0.2) is 57.5 Å². The second kappa shape index (κ2) is 7.33. The van der Waals surface area contributed by atoms with Gasteiger partial charge < -0.3 is 5.11 Å². The van der Waals surface area contributed by atoms with Gasteiger partial charge in [0.2, 0.25) is 11.6 Å². The van der Waals surface area contributed by atoms with Crippen LogP contribution in [0.25, 0.3) is 0 Å². The van der Waals surface area contributed by atoms with Crippen LogP contribution >= 0.6 is 0 Å². The summed E-state index contributed by atoms with van der Waals surface area (Å²) in [4.78, 5) is -3.22. The van der Waals surface area contributed by atoms with Gasteiger partial charge in [-0.2, -0.15) is 8.78 Å². The average Bonchev–Trinajstić information content (AvgIpc) is 2.67. The van der Waals surface area contributed by atoms with E-state index in [4.69, 9.17) is 0 Å². The summed E-state index contributed by atoms with van der Waals surface area (Å²) in [6.07, 6.45) is -4.54. The summed E-state index contributed by atoms with van der Waals surface area (Å²) in [5.41, 5.74) is -2.84. The Bertz CT molecular complexity index is 1100. The van der Waals surface area contributed by atoms with Gasteiger partial charge in [0.1, 0.15) is 0 Å². The van der Waals surface area contributed by atoms with Gasteiger partial charge in [-0.3, -0.25) is 0 Å². The number of halogens is 12. The standard InChI is InChI=1S/C14H2F12O3S/c15-2-1(3(16)5(18)6(19)4(2)17)13(27)14(25,26)30(28,29)12-10(23)8(21)7(20)9(22)11(12)24/h13,27H. The Kier molecular flexibility index (Phi) is 5.81. The van der Waals surface area contributed by atoms with Gasteiger partial charge in [0.25, 0.3) is 9.84 Å². The van der Waals surface area contributed by atoms with Crippen LogP contribution in [0.4, 0.5) is 52.7 Å². The molecular formula is C14H2F12O3S. The largest absolute Gasteiger partial charge is 0.381 e. The number of alkyl halides is 2. The first kappa shape index (κ1) is 23.8. The normalized spacial score (nSPS) is 13.6. The molecule has 2 aromatic carbocycles. The minimum atomic E-state index is -7.23. The highest BCUT2D eigenvalue weighted by Crippen LogP contribution is 2.44. The highest BCUT2D eigenvalue weighted by Gasteiger charge is 2.58. The van der Waals surface area contributed by atoms with E-state index in [2.05, 4.69) is 0 Å². The maximum absolute atomic E-state index is 14.2. The van der Waals surface area contributed by atoms with Crippen molar-refractivity contribution in [2.75, 3.05) is 0 Å². The number of rotatable bonds is 4. The zero-order valence-electron chi connectivity index (χ0n) is 13.3. The molecule has 1 unspecified atom stereocenters. The van der Waals surface area contributed by atoms with Gasteiger partial charge in [-0.05, 0) is 0 Å². The van der Waals surface area contributed by atoms with Crippen LogP contribution < -0.4 is 0 Å². The van der Waals surface area contributed by atoms with Crippen LogP contribution in [0.1, 0.15) is 11.7 Å². The zero-order chi connectivity index (χ0) is 23.5. The van der Waals surface area contributed by atoms with E-state index in [1.807, 2.05) is 0 Å². The fourth-order valence-electron chi connectivity index (χ4n) is 2.13. The maximum atomic E-state index is 14.2. The van der Waals surface area contributed by atoms with E-state index in [0.29, 0.717) is 0 Å². The lowest BCUT2D eigenvalue weighted by atomic mass is 10.1. The van der Waals surface area contributed by atoms with Gasteiger partial charge in [-0.25, -0.2) is 52.3 Å². The number of hydrogen-bond acceptors (Lipinski definition) is 3. The van der Waals surface area contributed by atoms with Crippen LogP contribution in [0.15, 0.2) is 4.90 Å². The number of hydrogen-bond donors (Lipinski definition) is 1. The van der Waals surface area contributed by atoms with E-state index >= 15 is 0 Å². The molecule has 0 saturated heterocycles. The molecule has 0 fully saturated rings. The van der Waals surface area contributed by atoms with Crippen molar-refractivity contribution in [2.45, 2.75) is 16.3 Å². The molecule has 0 amide bonds. The Morgan fingerprint density at radius 3 is 1.17 bits per heavy atom. The summed E-state index contributed by atoms with van der Waals surface area (Å²) in [6, 6.07) is 0. The molecule has 1 N–H and O–H groups in total. The minimum Gasteiger partial charge on any atom is -0.381 e. The molecule has 2 rings (SSSR count). The van der Waals surface area contributed by atoms with Crippen molar-refractivity contribution >= 4 is 9.84 Å². The molecule has 16 heteroatoms. The lowest BCUT2D eigenvalue weighted by molar-refractivity contribution is -0.0478. The molecule has 1 atom stereocenters. The number of aliphatic hydroxyl groups is 1. The van der Waals surface area contributed by atoms with Gasteiger partial charge >= 0.3 is 5.25 Å². The predicted octanol–water partition coefficient (Wildman–Crippen LogP) is 4.18. The zero-order valence-corrected chi connectivity index (χ0v) is 14.1. The van der Waals surface area contributed by atoms with Gasteiger partial charge in [-0.15, -0.1) is 0 Å². The van der Waals surface area contributed by atoms with Crippen LogP contribution in [-0.4, -0.2) is 18.8 Å². The molecule has 0 bridgehead atoms. The summed E-state index contributed by atoms with van der Waals surface area (Å²) in [7, 11) is -7.23. The van der Waals surface area contributed by atoms with Crippen molar-refractivity contribution in [3.8, 4) is 0 Å². The van der Waals surface area contributed by atoms with Gasteiger partial charge in [-0.1, -0.05) is 0 Å². The van der Waals surface area contributed by atoms with Crippen molar-refractivity contribution in [1.82, 2.24) is 0 Å². The average molecular weight is 478 g/mol. The number of aliphatic hydroxyl groups excluding tert-OH is 1. The van der Waals surface area contributed by atoms with E-state index in [0.717, 1.165) is 0 Å². The molecule has 0 radical (unpaired) electrons. The molecule has 3 nitrogen and oxygen atoms in total. The third-order valence-electron chi connectivity index (χ3n) is 3.63. The first-order chi connectivity index (χ1) is 13.5. The Morgan fingerprint density at radius 2 is 0.833 bits per heavy atom. The van der Waals surface area contributed by atoms with Crippen LogP contribution in [0.3, 0.4) is 0 Å². The van der Waals surface area contributed by atoms with E-state index in [-0.39, 0.29) is 0 Å². The third-order valence-corrected chi connectivity index (χ3v) is 5.47. The smallest absolute Gasteiger partial charge is 0.379 e. The molecule has 0 heterocycles. The molecular weight excluding hydrogens is 476 g/mol. The van der Waals surface area contributed by atoms with Gasteiger partial charge in [0, 0.05) is 0 Å². The third kappa shape index (κ3) is 3.08. The summed E-state index contributed by atoms with van der Waals surface area (Å²) < 4.78 is 185. The predicted molar refractivity (Wildman–Crippen MR) is 69.6 cm³/mol. The molecule has 0 saturated carbocycles. The van der Waals surface area contributed by atoms with Crippen LogP contribution in [-0.2, 0) is 9.84 Å². The summed E-state index contributed by atoms with van der Waals surface area (Å²) in [5.74, 6) is -30.7. The van der Waals surface area contributed by atoms with E-state index in [1.54, 1.807) is 0 Å². The monoisotopic (exact) mass is 478 g/mol. The quantitative estimate of drug-likeness (QED) is 0.311. The van der Waals surface area contributed by atoms with E-state index in [1.165, 1.54) is 0 Å². The highest BCUT2D eigenvalue weighted by atomic mass is 32.2. The van der Waals surface area contributed by atoms with Gasteiger partial charge in [0.05, 0.1) is 5.56 Å². The first-order valence-electron chi connectivity index (χ1n) is 6.84. The van der Waals surface area contributed by atoms with Crippen molar-refractivity contribution < 1.29 is 66.2 Å². The Balaban J connectivity index is 2.84. The lowest BCUT2D eigenvalue weighted by Gasteiger charge is -2.24. The SMILES string of the molecule is O=S(=O)(c1c(F)c(F)c(F)c(F)c1F)C(F)(F)C(O)c1c(F)c(F)c(F)c(F)c1F. The van der Waals surface area contributed by atoms with Crippen molar-refractivity contribution in [3.63, 3.8) is 0 Å². The molecule has 166 valence electrons. The molecule has 0 aliphatic heterocycles. The summed E-state index contributed by atoms with van der Waals surface area (Å²) in [6.45, 7) is 0. The maximum Gasteiger partial charge on any atom is 0.379 e. The molecule has 2 aromatic rings. The number of sulfone groups is 1. The first-order valence-corrected chi connectivity index (χ1v) is 8.33. The Labute approximate surface area is 157 Å². The van der Waals surface area contributed by atoms with Crippen LogP contribution in [0.5, 0.6) is 0 Å². The van der Waals surface area contributed by atoms with Crippen molar-refractivity contribution in [1.29, 1.82) is 0 Å². The lowest BCUT2D eigenvalue weighted by Crippen LogP contribution is -2.38. The highest BCUT2D eigenvalue weighted by molar-refractivity contribution is 7.92. The number of benzene rings is 2. The van der Waals surface area contributed by atoms with Crippen molar-refractivity contribution in [3.05, 3.63) is 63.7 Å². The molecule has 0 spiro atoms. The van der Waals surface area contributed by atoms with Crippen LogP contribution in [0, 0.1) is 58.2 Å². The van der Waals surface area contributed by atoms with Crippen LogP contribution in [0.2, 0.25) is 0 Å². The van der Waals surface area contributed by atoms with Crippen molar-refractivity contribution in [2.24, 2.45) is 0 Å². The molecule has 0 aromatic heterocycles. The molecule has 0 aliphatic rings. The molecule has 0 aliphatic carbocycles. The summed E-state index contributed by atoms with van der Waals surface area (Å²) >= 11 is 0. The minimum absolute atomic E-state index is 2.84. The fourth-order valence-corrected chi connectivity index (χ4v) is 3.47. The Morgan fingerprint density at radius 1 is 0.567 bits per heavy atom. The second-order valence-electron chi connectivity index (χ2n) is 5.35. The summed E-state index contributed by atoms with van der Waals surface area (Å²) in [5, 5.41) is 3.09.